The Labute approximate surface area is 306 Å². The second-order valence-corrected chi connectivity index (χ2v) is 16.3. The lowest BCUT2D eigenvalue weighted by atomic mass is 9.71. The molecule has 0 unspecified atom stereocenters. The molecule has 1 aromatic carbocycles. The summed E-state index contributed by atoms with van der Waals surface area (Å²) in [4.78, 5) is 0. The molecule has 0 saturated carbocycles. The lowest BCUT2D eigenvalue weighted by Crippen LogP contribution is -2.42. The summed E-state index contributed by atoms with van der Waals surface area (Å²) in [5, 5.41) is 12.6. The Hall–Kier alpha value is -1.10. The maximum atomic E-state index is 12.6. The van der Waals surface area contributed by atoms with Crippen LogP contribution in [0.1, 0.15) is 251 Å². The summed E-state index contributed by atoms with van der Waals surface area (Å²) in [5.41, 5.74) is 24.3. The first-order valence-corrected chi connectivity index (χ1v) is 21.9. The predicted molar refractivity (Wildman–Crippen MR) is 218 cm³/mol. The third kappa shape index (κ3) is 16.9. The van der Waals surface area contributed by atoms with E-state index in [-0.39, 0.29) is 0 Å². The van der Waals surface area contributed by atoms with E-state index < -0.39 is 16.6 Å². The smallest absolute Gasteiger partial charge is 0.125 e. The van der Waals surface area contributed by atoms with Crippen molar-refractivity contribution in [3.63, 3.8) is 0 Å². The molecule has 0 fully saturated rings. The van der Waals surface area contributed by atoms with Gasteiger partial charge < -0.3 is 22.3 Å². The number of rotatable bonds is 33. The fourth-order valence-corrected chi connectivity index (χ4v) is 8.09. The van der Waals surface area contributed by atoms with Crippen LogP contribution in [0.15, 0.2) is 12.1 Å². The molecule has 49 heavy (non-hydrogen) atoms. The zero-order valence-corrected chi connectivity index (χ0v) is 34.0. The molecule has 0 atom stereocenters. The van der Waals surface area contributed by atoms with Gasteiger partial charge in [0.2, 0.25) is 0 Å². The Morgan fingerprint density at radius 2 is 0.592 bits per heavy atom. The number of hydrogen-bond acceptors (Lipinski definition) is 4. The third-order valence-electron chi connectivity index (χ3n) is 11.6. The summed E-state index contributed by atoms with van der Waals surface area (Å²) < 4.78 is 0. The second-order valence-electron chi connectivity index (χ2n) is 16.3. The lowest BCUT2D eigenvalue weighted by Gasteiger charge is -2.39. The molecular weight excluding hydrogens is 599 g/mol. The van der Waals surface area contributed by atoms with Crippen molar-refractivity contribution in [2.75, 3.05) is 0 Å². The fraction of sp³-hybridized carbons (Fsp3) is 0.867. The Morgan fingerprint density at radius 1 is 0.367 bits per heavy atom. The van der Waals surface area contributed by atoms with Crippen LogP contribution in [0.2, 0.25) is 0 Å². The van der Waals surface area contributed by atoms with Crippen molar-refractivity contribution >= 4 is 0 Å². The average molecular weight is 686 g/mol. The van der Waals surface area contributed by atoms with Crippen LogP contribution in [-0.4, -0.2) is 5.11 Å². The minimum atomic E-state index is -0.590. The first-order valence-electron chi connectivity index (χ1n) is 21.9. The summed E-state index contributed by atoms with van der Waals surface area (Å²) in [7, 11) is 0. The van der Waals surface area contributed by atoms with Gasteiger partial charge in [0, 0.05) is 27.7 Å². The summed E-state index contributed by atoms with van der Waals surface area (Å²) in [5.74, 6) is 0.380. The molecule has 288 valence electrons. The van der Waals surface area contributed by atoms with Gasteiger partial charge in [-0.05, 0) is 56.2 Å². The van der Waals surface area contributed by atoms with E-state index in [9.17, 15) is 5.11 Å². The number of aromatic hydroxyl groups is 1. The van der Waals surface area contributed by atoms with Crippen molar-refractivity contribution in [2.45, 2.75) is 251 Å². The second kappa shape index (κ2) is 26.6. The van der Waals surface area contributed by atoms with E-state index in [2.05, 4.69) is 53.7 Å². The monoisotopic (exact) mass is 686 g/mol. The number of hydrogen-bond donors (Lipinski definition) is 4. The molecule has 0 aliphatic carbocycles. The Kier molecular flexibility index (Phi) is 25.0. The molecule has 4 nitrogen and oxygen atoms in total. The van der Waals surface area contributed by atoms with Crippen LogP contribution in [-0.2, 0) is 16.6 Å². The molecule has 0 aliphatic heterocycles. The summed E-state index contributed by atoms with van der Waals surface area (Å²) in [6, 6.07) is 4.57. The standard InChI is InChI=1S/C45H87N3O/c1-7-13-19-25-31-43(46,32-26-20-14-8-2)39-37-40(44(47,33-27-21-15-9-3)34-28-22-16-10-4)42(49)41(38-39)45(48,35-29-23-17-11-5)36-30-24-18-12-6/h37-38,49H,7-36,46-48H2,1-6H3. The van der Waals surface area contributed by atoms with Crippen molar-refractivity contribution in [3.8, 4) is 5.75 Å². The van der Waals surface area contributed by atoms with E-state index >= 15 is 0 Å². The van der Waals surface area contributed by atoms with Gasteiger partial charge >= 0.3 is 0 Å². The van der Waals surface area contributed by atoms with Gasteiger partial charge in [-0.2, -0.15) is 0 Å². The molecule has 0 aliphatic rings. The van der Waals surface area contributed by atoms with Gasteiger partial charge in [-0.15, -0.1) is 0 Å². The Balaban J connectivity index is 3.95. The number of nitrogens with two attached hydrogens (primary N) is 3. The van der Waals surface area contributed by atoms with Crippen molar-refractivity contribution in [3.05, 3.63) is 28.8 Å². The Morgan fingerprint density at radius 3 is 0.816 bits per heavy atom. The minimum Gasteiger partial charge on any atom is -0.507 e. The van der Waals surface area contributed by atoms with E-state index in [1.54, 1.807) is 0 Å². The highest BCUT2D eigenvalue weighted by molar-refractivity contribution is 5.52. The van der Waals surface area contributed by atoms with Crippen molar-refractivity contribution < 1.29 is 5.11 Å². The van der Waals surface area contributed by atoms with Gasteiger partial charge in [-0.3, -0.25) is 0 Å². The predicted octanol–water partition coefficient (Wildman–Crippen LogP) is 13.7. The quantitative estimate of drug-likeness (QED) is 0.0553. The van der Waals surface area contributed by atoms with Gasteiger partial charge in [-0.1, -0.05) is 196 Å². The van der Waals surface area contributed by atoms with Crippen molar-refractivity contribution in [1.29, 1.82) is 0 Å². The SMILES string of the molecule is CCCCCCC(N)(CCCCCC)c1cc(C(N)(CCCCCC)CCCCCC)c(O)c(C(N)(CCCCCC)CCCCCC)c1. The molecule has 7 N–H and O–H groups in total. The zero-order chi connectivity index (χ0) is 36.4. The minimum absolute atomic E-state index is 0.380. The van der Waals surface area contributed by atoms with Gasteiger partial charge in [0.1, 0.15) is 5.75 Å². The highest BCUT2D eigenvalue weighted by atomic mass is 16.3. The van der Waals surface area contributed by atoms with E-state index in [4.69, 9.17) is 17.2 Å². The summed E-state index contributed by atoms with van der Waals surface area (Å²) in [6.45, 7) is 13.6. The highest BCUT2D eigenvalue weighted by Gasteiger charge is 2.39. The van der Waals surface area contributed by atoms with Gasteiger partial charge in [0.05, 0.1) is 0 Å². The first-order chi connectivity index (χ1) is 23.6. The molecule has 0 amide bonds. The molecule has 0 radical (unpaired) electrons. The molecule has 1 rings (SSSR count). The zero-order valence-electron chi connectivity index (χ0n) is 34.0. The molecule has 0 aromatic heterocycles. The highest BCUT2D eigenvalue weighted by Crippen LogP contribution is 2.46. The van der Waals surface area contributed by atoms with Crippen molar-refractivity contribution in [1.82, 2.24) is 0 Å². The molecule has 0 saturated heterocycles. The molecule has 4 heteroatoms. The van der Waals surface area contributed by atoms with Crippen LogP contribution >= 0.6 is 0 Å². The largest absolute Gasteiger partial charge is 0.507 e. The van der Waals surface area contributed by atoms with E-state index in [1.165, 1.54) is 121 Å². The van der Waals surface area contributed by atoms with Gasteiger partial charge in [0.25, 0.3) is 0 Å². The molecular formula is C45H87N3O. The molecule has 0 heterocycles. The fourth-order valence-electron chi connectivity index (χ4n) is 8.09. The van der Waals surface area contributed by atoms with Crippen LogP contribution in [0.25, 0.3) is 0 Å². The maximum absolute atomic E-state index is 12.6. The van der Waals surface area contributed by atoms with Gasteiger partial charge in [0.15, 0.2) is 0 Å². The summed E-state index contributed by atoms with van der Waals surface area (Å²) >= 11 is 0. The number of unbranched alkanes of at least 4 members (excludes halogenated alkanes) is 18. The lowest BCUT2D eigenvalue weighted by molar-refractivity contribution is 0.302. The topological polar surface area (TPSA) is 98.3 Å². The molecule has 0 spiro atoms. The van der Waals surface area contributed by atoms with Crippen LogP contribution in [0.3, 0.4) is 0 Å². The first kappa shape index (κ1) is 45.9. The normalized spacial score (nSPS) is 12.7. The average Bonchev–Trinajstić information content (AvgIpc) is 3.09. The third-order valence-corrected chi connectivity index (χ3v) is 11.6. The van der Waals surface area contributed by atoms with Crippen LogP contribution in [0.5, 0.6) is 5.75 Å². The van der Waals surface area contributed by atoms with E-state index in [0.717, 1.165) is 88.2 Å². The number of phenols is 1. The summed E-state index contributed by atoms with van der Waals surface area (Å²) in [6.07, 6.45) is 34.0. The number of benzene rings is 1. The van der Waals surface area contributed by atoms with E-state index in [1.807, 2.05) is 0 Å². The van der Waals surface area contributed by atoms with Crippen LogP contribution in [0.4, 0.5) is 0 Å². The van der Waals surface area contributed by atoms with Crippen LogP contribution in [0, 0.1) is 0 Å². The van der Waals surface area contributed by atoms with Crippen molar-refractivity contribution in [2.24, 2.45) is 17.2 Å². The van der Waals surface area contributed by atoms with Gasteiger partial charge in [-0.25, -0.2) is 0 Å². The van der Waals surface area contributed by atoms with Crippen LogP contribution < -0.4 is 17.2 Å². The molecule has 0 bridgehead atoms. The Bertz CT molecular complexity index is 852. The van der Waals surface area contributed by atoms with E-state index in [0.29, 0.717) is 5.75 Å². The number of phenolic OH excluding ortho intramolecular Hbond substituents is 1. The maximum Gasteiger partial charge on any atom is 0.125 e. The molecule has 1 aromatic rings.